The molecule has 0 spiro atoms. The molecule has 0 heterocycles. The van der Waals surface area contributed by atoms with E-state index in [0.29, 0.717) is 10.8 Å². The highest BCUT2D eigenvalue weighted by Crippen LogP contribution is 2.48. The van der Waals surface area contributed by atoms with E-state index in [0.717, 1.165) is 6.04 Å². The number of nitrogens with zero attached hydrogens (tertiary/aromatic N) is 1. The zero-order valence-electron chi connectivity index (χ0n) is 11.1. The molecule has 0 aromatic rings. The molecule has 0 radical (unpaired) electrons. The van der Waals surface area contributed by atoms with Gasteiger partial charge in [0.05, 0.1) is 0 Å². The fourth-order valence-corrected chi connectivity index (χ4v) is 3.73. The second-order valence-corrected chi connectivity index (χ2v) is 7.50. The normalized spacial score (nSPS) is 28.3. The molecule has 94 valence electrons. The Morgan fingerprint density at radius 2 is 1.69 bits per heavy atom. The summed E-state index contributed by atoms with van der Waals surface area (Å²) >= 11 is 3.68. The van der Waals surface area contributed by atoms with Gasteiger partial charge in [-0.05, 0) is 56.4 Å². The van der Waals surface area contributed by atoms with Gasteiger partial charge in [0.1, 0.15) is 0 Å². The maximum absolute atomic E-state index is 3.68. The van der Waals surface area contributed by atoms with Crippen molar-refractivity contribution in [1.29, 1.82) is 0 Å². The molecule has 0 unspecified atom stereocenters. The molecule has 16 heavy (non-hydrogen) atoms. The predicted octanol–water partition coefficient (Wildman–Crippen LogP) is 4.06. The van der Waals surface area contributed by atoms with E-state index in [2.05, 4.69) is 41.7 Å². The van der Waals surface area contributed by atoms with Crippen LogP contribution in [0.15, 0.2) is 0 Å². The highest BCUT2D eigenvalue weighted by Gasteiger charge is 2.43. The fourth-order valence-electron chi connectivity index (χ4n) is 2.99. The van der Waals surface area contributed by atoms with Crippen molar-refractivity contribution in [3.63, 3.8) is 0 Å². The number of halogens is 1. The van der Waals surface area contributed by atoms with Crippen LogP contribution in [0.1, 0.15) is 52.4 Å². The quantitative estimate of drug-likeness (QED) is 0.705. The van der Waals surface area contributed by atoms with Crippen LogP contribution in [0, 0.1) is 10.8 Å². The van der Waals surface area contributed by atoms with Crippen LogP contribution < -0.4 is 0 Å². The molecule has 2 heteroatoms. The van der Waals surface area contributed by atoms with Crippen LogP contribution >= 0.6 is 15.9 Å². The maximum atomic E-state index is 3.68. The van der Waals surface area contributed by atoms with Gasteiger partial charge in [0.25, 0.3) is 0 Å². The number of hydrogen-bond donors (Lipinski definition) is 0. The number of rotatable bonds is 4. The van der Waals surface area contributed by atoms with Crippen LogP contribution in [-0.4, -0.2) is 29.9 Å². The third-order valence-corrected chi connectivity index (χ3v) is 5.95. The van der Waals surface area contributed by atoms with Gasteiger partial charge < -0.3 is 4.90 Å². The highest BCUT2D eigenvalue weighted by atomic mass is 79.9. The van der Waals surface area contributed by atoms with E-state index >= 15 is 0 Å². The van der Waals surface area contributed by atoms with Gasteiger partial charge >= 0.3 is 0 Å². The third-order valence-electron chi connectivity index (χ3n) is 4.76. The molecule has 2 rings (SSSR count). The van der Waals surface area contributed by atoms with E-state index in [1.54, 1.807) is 0 Å². The minimum atomic E-state index is 0.601. The fraction of sp³-hybridized carbons (Fsp3) is 1.00. The van der Waals surface area contributed by atoms with E-state index in [-0.39, 0.29) is 0 Å². The Kier molecular flexibility index (Phi) is 3.71. The van der Waals surface area contributed by atoms with Gasteiger partial charge in [-0.1, -0.05) is 29.8 Å². The first-order chi connectivity index (χ1) is 7.46. The molecule has 2 aliphatic carbocycles. The second kappa shape index (κ2) is 4.61. The Labute approximate surface area is 109 Å². The molecule has 1 nitrogen and oxygen atoms in total. The molecule has 0 atom stereocenters. The molecule has 0 amide bonds. The molecule has 0 aromatic heterocycles. The van der Waals surface area contributed by atoms with E-state index in [1.165, 1.54) is 50.4 Å². The second-order valence-electron chi connectivity index (χ2n) is 6.94. The van der Waals surface area contributed by atoms with Crippen molar-refractivity contribution in [2.45, 2.75) is 58.4 Å². The van der Waals surface area contributed by atoms with E-state index in [1.807, 2.05) is 0 Å². The monoisotopic (exact) mass is 287 g/mol. The Hall–Kier alpha value is 0.440. The summed E-state index contributed by atoms with van der Waals surface area (Å²) in [6.45, 7) is 6.15. The van der Waals surface area contributed by atoms with Gasteiger partial charge in [-0.3, -0.25) is 0 Å². The largest absolute Gasteiger partial charge is 0.303 e. The van der Waals surface area contributed by atoms with Crippen LogP contribution in [0.5, 0.6) is 0 Å². The van der Waals surface area contributed by atoms with Crippen molar-refractivity contribution in [3.05, 3.63) is 0 Å². The van der Waals surface area contributed by atoms with Crippen molar-refractivity contribution in [2.24, 2.45) is 10.8 Å². The van der Waals surface area contributed by atoms with Crippen molar-refractivity contribution in [3.8, 4) is 0 Å². The average molecular weight is 288 g/mol. The highest BCUT2D eigenvalue weighted by molar-refractivity contribution is 9.09. The van der Waals surface area contributed by atoms with Crippen LogP contribution in [0.25, 0.3) is 0 Å². The first-order valence-electron chi connectivity index (χ1n) is 6.73. The minimum Gasteiger partial charge on any atom is -0.303 e. The summed E-state index contributed by atoms with van der Waals surface area (Å²) in [5.41, 5.74) is 1.24. The number of alkyl halides is 1. The summed E-state index contributed by atoms with van der Waals surface area (Å²) in [5, 5.41) is 1.20. The maximum Gasteiger partial charge on any atom is 0.0100 e. The van der Waals surface area contributed by atoms with Crippen LogP contribution in [0.4, 0.5) is 0 Å². The van der Waals surface area contributed by atoms with Crippen LogP contribution in [0.2, 0.25) is 0 Å². The standard InChI is InChI=1S/C14H26BrN/c1-13(2)6-4-12(5-7-13)16(3)11-14(10-15)8-9-14/h12H,4-11H2,1-3H3. The summed E-state index contributed by atoms with van der Waals surface area (Å²) in [6, 6.07) is 0.851. The van der Waals surface area contributed by atoms with Crippen LogP contribution in [-0.2, 0) is 0 Å². The van der Waals surface area contributed by atoms with Gasteiger partial charge in [0.2, 0.25) is 0 Å². The molecule has 0 bridgehead atoms. The lowest BCUT2D eigenvalue weighted by Crippen LogP contribution is -2.40. The first-order valence-corrected chi connectivity index (χ1v) is 7.85. The SMILES string of the molecule is CN(CC1(CBr)CC1)C1CCC(C)(C)CC1. The van der Waals surface area contributed by atoms with E-state index in [4.69, 9.17) is 0 Å². The van der Waals surface area contributed by atoms with Crippen molar-refractivity contribution < 1.29 is 0 Å². The van der Waals surface area contributed by atoms with E-state index < -0.39 is 0 Å². The Bertz CT molecular complexity index is 235. The smallest absolute Gasteiger partial charge is 0.0100 e. The molecule has 2 saturated carbocycles. The lowest BCUT2D eigenvalue weighted by atomic mass is 9.75. The lowest BCUT2D eigenvalue weighted by Gasteiger charge is -2.39. The lowest BCUT2D eigenvalue weighted by molar-refractivity contribution is 0.114. The van der Waals surface area contributed by atoms with Gasteiger partial charge in [-0.15, -0.1) is 0 Å². The Morgan fingerprint density at radius 1 is 1.12 bits per heavy atom. The number of hydrogen-bond acceptors (Lipinski definition) is 1. The Balaban J connectivity index is 1.80. The van der Waals surface area contributed by atoms with Gasteiger partial charge in [0.15, 0.2) is 0 Å². The van der Waals surface area contributed by atoms with Gasteiger partial charge in [-0.2, -0.15) is 0 Å². The zero-order chi connectivity index (χ0) is 11.8. The minimum absolute atomic E-state index is 0.601. The molecule has 0 N–H and O–H groups in total. The summed E-state index contributed by atoms with van der Waals surface area (Å²) in [4.78, 5) is 2.64. The summed E-state index contributed by atoms with van der Waals surface area (Å²) in [6.07, 6.45) is 8.48. The summed E-state index contributed by atoms with van der Waals surface area (Å²) in [5.74, 6) is 0. The van der Waals surface area contributed by atoms with Gasteiger partial charge in [0, 0.05) is 17.9 Å². The van der Waals surface area contributed by atoms with E-state index in [9.17, 15) is 0 Å². The van der Waals surface area contributed by atoms with Gasteiger partial charge in [-0.25, -0.2) is 0 Å². The molecular weight excluding hydrogens is 262 g/mol. The molecule has 2 fully saturated rings. The topological polar surface area (TPSA) is 3.24 Å². The van der Waals surface area contributed by atoms with Crippen LogP contribution in [0.3, 0.4) is 0 Å². The molecule has 0 aromatic carbocycles. The van der Waals surface area contributed by atoms with Crippen molar-refractivity contribution in [1.82, 2.24) is 4.90 Å². The zero-order valence-corrected chi connectivity index (χ0v) is 12.6. The average Bonchev–Trinajstić information content (AvgIpc) is 2.98. The molecular formula is C14H26BrN. The predicted molar refractivity (Wildman–Crippen MR) is 74.1 cm³/mol. The van der Waals surface area contributed by atoms with Crippen molar-refractivity contribution in [2.75, 3.05) is 18.9 Å². The first kappa shape index (κ1) is 12.9. The van der Waals surface area contributed by atoms with Crippen molar-refractivity contribution >= 4 is 15.9 Å². The molecule has 0 aliphatic heterocycles. The Morgan fingerprint density at radius 3 is 2.12 bits per heavy atom. The molecule has 2 aliphatic rings. The molecule has 0 saturated heterocycles. The summed E-state index contributed by atoms with van der Waals surface area (Å²) < 4.78 is 0. The summed E-state index contributed by atoms with van der Waals surface area (Å²) in [7, 11) is 2.34. The third kappa shape index (κ3) is 3.01.